The number of carbonyl (C=O) groups is 1. The topological polar surface area (TPSA) is 64.7 Å². The van der Waals surface area contributed by atoms with Crippen molar-refractivity contribution in [2.24, 2.45) is 10.7 Å². The number of hydrogen-bond acceptors (Lipinski definition) is 5. The molecule has 1 aliphatic carbocycles. The lowest BCUT2D eigenvalue weighted by atomic mass is 9.98. The van der Waals surface area contributed by atoms with Gasteiger partial charge in [-0.05, 0) is 22.3 Å². The molecule has 0 aromatic heterocycles. The number of fused-ring (bicyclic) bond motifs is 3. The number of thiol groups is 1. The number of hydrogen-bond donors (Lipinski definition) is 2. The van der Waals surface area contributed by atoms with E-state index in [-0.39, 0.29) is 17.3 Å². The Kier molecular flexibility index (Phi) is 6.53. The van der Waals surface area contributed by atoms with Gasteiger partial charge < -0.3 is 10.5 Å². The van der Waals surface area contributed by atoms with Crippen LogP contribution in [0.2, 0.25) is 0 Å². The molecule has 1 aliphatic rings. The zero-order valence-corrected chi connectivity index (χ0v) is 18.1. The van der Waals surface area contributed by atoms with Gasteiger partial charge in [-0.25, -0.2) is 4.79 Å². The van der Waals surface area contributed by atoms with E-state index in [1.165, 1.54) is 34.0 Å². The fraction of sp³-hybridized carbons (Fsp3) is 0.364. The van der Waals surface area contributed by atoms with Gasteiger partial charge in [-0.1, -0.05) is 69.3 Å². The first-order valence-electron chi connectivity index (χ1n) is 9.29. The Morgan fingerprint density at radius 2 is 1.68 bits per heavy atom. The number of amides is 1. The smallest absolute Gasteiger partial charge is 0.434 e. The van der Waals surface area contributed by atoms with Crippen LogP contribution < -0.4 is 5.73 Å². The van der Waals surface area contributed by atoms with Crippen molar-refractivity contribution in [3.05, 3.63) is 59.7 Å². The van der Waals surface area contributed by atoms with E-state index in [0.717, 1.165) is 0 Å². The molecule has 0 radical (unpaired) electrons. The number of carbonyl (C=O) groups excluding carboxylic acids is 1. The second kappa shape index (κ2) is 8.72. The summed E-state index contributed by atoms with van der Waals surface area (Å²) in [5.41, 5.74) is 10.8. The number of benzene rings is 2. The molecule has 1 amide bonds. The number of nitrogens with two attached hydrogens (primary N) is 1. The van der Waals surface area contributed by atoms with Crippen molar-refractivity contribution in [1.82, 2.24) is 0 Å². The molecule has 0 saturated heterocycles. The summed E-state index contributed by atoms with van der Waals surface area (Å²) in [6, 6.07) is 16.1. The molecule has 0 spiro atoms. The number of nitrogens with zero attached hydrogens (tertiary/aromatic N) is 1. The third kappa shape index (κ3) is 4.80. The number of thioether (sulfide) groups is 1. The quantitative estimate of drug-likeness (QED) is 0.414. The van der Waals surface area contributed by atoms with Crippen LogP contribution in [0.4, 0.5) is 4.79 Å². The normalized spacial score (nSPS) is 15.1. The van der Waals surface area contributed by atoms with Crippen LogP contribution in [0.25, 0.3) is 11.1 Å². The Bertz CT molecular complexity index is 845. The van der Waals surface area contributed by atoms with Crippen molar-refractivity contribution >= 4 is 35.5 Å². The first-order chi connectivity index (χ1) is 13.3. The van der Waals surface area contributed by atoms with E-state index >= 15 is 0 Å². The monoisotopic (exact) mass is 414 g/mol. The van der Waals surface area contributed by atoms with Crippen LogP contribution in [0.1, 0.15) is 37.8 Å². The third-order valence-electron chi connectivity index (χ3n) is 4.46. The third-order valence-corrected chi connectivity index (χ3v) is 6.07. The highest BCUT2D eigenvalue weighted by molar-refractivity contribution is 8.15. The van der Waals surface area contributed by atoms with Crippen LogP contribution >= 0.6 is 24.4 Å². The second-order valence-corrected chi connectivity index (χ2v) is 9.97. The van der Waals surface area contributed by atoms with Crippen molar-refractivity contribution in [3.63, 3.8) is 0 Å². The summed E-state index contributed by atoms with van der Waals surface area (Å²) >= 11 is 5.71. The average Bonchev–Trinajstić information content (AvgIpc) is 2.98. The lowest BCUT2D eigenvalue weighted by molar-refractivity contribution is 0.154. The minimum Gasteiger partial charge on any atom is -0.447 e. The van der Waals surface area contributed by atoms with E-state index in [9.17, 15) is 4.79 Å². The molecule has 28 heavy (non-hydrogen) atoms. The molecule has 0 saturated carbocycles. The van der Waals surface area contributed by atoms with Gasteiger partial charge in [0, 0.05) is 16.4 Å². The van der Waals surface area contributed by atoms with Gasteiger partial charge >= 0.3 is 6.09 Å². The van der Waals surface area contributed by atoms with Crippen LogP contribution in [0, 0.1) is 0 Å². The van der Waals surface area contributed by atoms with Crippen molar-refractivity contribution in [3.8, 4) is 11.1 Å². The summed E-state index contributed by atoms with van der Waals surface area (Å²) in [6.45, 7) is 6.41. The minimum atomic E-state index is -0.606. The molecule has 1 atom stereocenters. The van der Waals surface area contributed by atoms with Gasteiger partial charge in [0.25, 0.3) is 0 Å². The molecule has 0 bridgehead atoms. The van der Waals surface area contributed by atoms with Gasteiger partial charge in [-0.2, -0.15) is 17.6 Å². The van der Waals surface area contributed by atoms with E-state index in [1.54, 1.807) is 0 Å². The van der Waals surface area contributed by atoms with Crippen LogP contribution in [0.15, 0.2) is 53.5 Å². The molecule has 2 N–H and O–H groups in total. The van der Waals surface area contributed by atoms with Crippen molar-refractivity contribution in [1.29, 1.82) is 0 Å². The van der Waals surface area contributed by atoms with E-state index in [1.807, 2.05) is 24.3 Å². The lowest BCUT2D eigenvalue weighted by Crippen LogP contribution is -2.33. The molecular formula is C22H26N2O2S2. The highest BCUT2D eigenvalue weighted by atomic mass is 32.2. The predicted molar refractivity (Wildman–Crippen MR) is 122 cm³/mol. The molecule has 4 nitrogen and oxygen atoms in total. The van der Waals surface area contributed by atoms with Gasteiger partial charge in [-0.3, -0.25) is 0 Å². The summed E-state index contributed by atoms with van der Waals surface area (Å²) < 4.78 is 5.45. The maximum Gasteiger partial charge on any atom is 0.434 e. The molecule has 0 unspecified atom stereocenters. The van der Waals surface area contributed by atoms with Crippen LogP contribution in [-0.2, 0) is 4.74 Å². The van der Waals surface area contributed by atoms with E-state index in [0.29, 0.717) is 10.8 Å². The van der Waals surface area contributed by atoms with Gasteiger partial charge in [0.15, 0.2) is 0 Å². The average molecular weight is 415 g/mol. The lowest BCUT2D eigenvalue weighted by Gasteiger charge is -2.21. The molecule has 0 heterocycles. The maximum atomic E-state index is 12.4. The van der Waals surface area contributed by atoms with Gasteiger partial charge in [0.05, 0.1) is 11.1 Å². The van der Waals surface area contributed by atoms with Gasteiger partial charge in [0.2, 0.25) is 0 Å². The van der Waals surface area contributed by atoms with Crippen molar-refractivity contribution in [2.75, 3.05) is 12.4 Å². The molecule has 3 rings (SSSR count). The minimum absolute atomic E-state index is 0.0174. The fourth-order valence-corrected chi connectivity index (χ4v) is 4.57. The van der Waals surface area contributed by atoms with Crippen LogP contribution in [0.5, 0.6) is 0 Å². The first kappa shape index (κ1) is 21.0. The summed E-state index contributed by atoms with van der Waals surface area (Å²) in [5.74, 6) is 0.433. The van der Waals surface area contributed by atoms with Crippen LogP contribution in [0.3, 0.4) is 0 Å². The summed E-state index contributed by atoms with van der Waals surface area (Å²) in [6.07, 6.45) is -0.606. The Morgan fingerprint density at radius 3 is 2.18 bits per heavy atom. The molecular weight excluding hydrogens is 388 g/mol. The van der Waals surface area contributed by atoms with Crippen LogP contribution in [-0.4, -0.2) is 34.3 Å². The van der Waals surface area contributed by atoms with Gasteiger partial charge in [0.1, 0.15) is 6.61 Å². The highest BCUT2D eigenvalue weighted by Gasteiger charge is 2.29. The maximum absolute atomic E-state index is 12.4. The fourth-order valence-electron chi connectivity index (χ4n) is 3.29. The Hall–Kier alpha value is -1.76. The second-order valence-electron chi connectivity index (χ2n) is 7.76. The molecule has 6 heteroatoms. The van der Waals surface area contributed by atoms with Gasteiger partial charge in [-0.15, -0.1) is 11.8 Å². The Balaban J connectivity index is 1.77. The zero-order valence-electron chi connectivity index (χ0n) is 16.4. The molecule has 2 aromatic rings. The van der Waals surface area contributed by atoms with Crippen molar-refractivity contribution < 1.29 is 9.53 Å². The SMILES string of the molecule is CC(C)(C)SC(=NC(=O)OCC1c2ccccc2-c2ccccc21)[C@@H](N)CS. The summed E-state index contributed by atoms with van der Waals surface area (Å²) in [7, 11) is 0. The summed E-state index contributed by atoms with van der Waals surface area (Å²) in [5, 5.41) is 0.555. The zero-order chi connectivity index (χ0) is 20.3. The standard InChI is InChI=1S/C22H26N2O2S2/c1-22(2,3)28-20(19(23)13-27)24-21(25)26-12-18-16-10-6-4-8-14(16)15-9-5-7-11-17(15)18/h4-11,18-19,27H,12-13,23H2,1-3H3/t19-/m0/s1. The van der Waals surface area contributed by atoms with E-state index < -0.39 is 12.1 Å². The highest BCUT2D eigenvalue weighted by Crippen LogP contribution is 2.44. The number of rotatable bonds is 4. The molecule has 0 fully saturated rings. The molecule has 148 valence electrons. The first-order valence-corrected chi connectivity index (χ1v) is 10.7. The predicted octanol–water partition coefficient (Wildman–Crippen LogP) is 5.12. The summed E-state index contributed by atoms with van der Waals surface area (Å²) in [4.78, 5) is 16.6. The van der Waals surface area contributed by atoms with E-state index in [4.69, 9.17) is 10.5 Å². The Labute approximate surface area is 176 Å². The largest absolute Gasteiger partial charge is 0.447 e. The molecule has 2 aromatic carbocycles. The Morgan fingerprint density at radius 1 is 1.14 bits per heavy atom. The molecule has 0 aliphatic heterocycles. The number of aliphatic imine (C=N–C) groups is 1. The number of ether oxygens (including phenoxy) is 1. The van der Waals surface area contributed by atoms with Crippen molar-refractivity contribution in [2.45, 2.75) is 37.5 Å². The van der Waals surface area contributed by atoms with E-state index in [2.05, 4.69) is 62.7 Å².